The van der Waals surface area contributed by atoms with Crippen LogP contribution in [0.15, 0.2) is 51.9 Å². The van der Waals surface area contributed by atoms with Gasteiger partial charge in [-0.05, 0) is 44.2 Å². The van der Waals surface area contributed by atoms with Gasteiger partial charge in [-0.15, -0.1) is 11.3 Å². The molecule has 3 rings (SSSR count). The molecular weight excluding hydrogens is 414 g/mol. The van der Waals surface area contributed by atoms with E-state index in [0.717, 1.165) is 27.4 Å². The molecule has 0 fully saturated rings. The molecule has 0 saturated carbocycles. The van der Waals surface area contributed by atoms with Crippen LogP contribution in [0.25, 0.3) is 11.3 Å². The molecular formula is C23H27N3O4S. The van der Waals surface area contributed by atoms with Crippen LogP contribution < -0.4 is 23.7 Å². The summed E-state index contributed by atoms with van der Waals surface area (Å²) in [6.07, 6.45) is 1.74. The zero-order valence-electron chi connectivity index (χ0n) is 18.6. The fraction of sp³-hybridized carbons (Fsp3) is 0.304. The summed E-state index contributed by atoms with van der Waals surface area (Å²) in [5.74, 6) is 2.62. The van der Waals surface area contributed by atoms with Crippen LogP contribution in [0, 0.1) is 0 Å². The van der Waals surface area contributed by atoms with E-state index in [1.807, 2.05) is 54.2 Å². The van der Waals surface area contributed by atoms with Gasteiger partial charge in [0.15, 0.2) is 11.5 Å². The molecule has 1 heterocycles. The molecule has 8 heteroatoms. The average Bonchev–Trinajstić information content (AvgIpc) is 3.18. The number of hydrogen-bond donors (Lipinski definition) is 0. The van der Waals surface area contributed by atoms with Crippen LogP contribution in [0.2, 0.25) is 0 Å². The summed E-state index contributed by atoms with van der Waals surface area (Å²) in [4.78, 5) is 5.52. The molecule has 2 aromatic carbocycles. The summed E-state index contributed by atoms with van der Waals surface area (Å²) in [5, 5.41) is 6.80. The summed E-state index contributed by atoms with van der Waals surface area (Å²) in [6, 6.07) is 11.6. The van der Waals surface area contributed by atoms with Gasteiger partial charge in [0.25, 0.3) is 0 Å². The van der Waals surface area contributed by atoms with Gasteiger partial charge in [0.1, 0.15) is 11.5 Å². The molecule has 0 amide bonds. The van der Waals surface area contributed by atoms with Crippen LogP contribution in [-0.4, -0.2) is 45.4 Å². The number of benzene rings is 2. The molecule has 0 N–H and O–H groups in total. The molecule has 1 aromatic heterocycles. The van der Waals surface area contributed by atoms with Crippen molar-refractivity contribution in [3.63, 3.8) is 0 Å². The van der Waals surface area contributed by atoms with Crippen molar-refractivity contribution in [1.29, 1.82) is 0 Å². The molecule has 0 atom stereocenters. The molecule has 0 spiro atoms. The largest absolute Gasteiger partial charge is 0.497 e. The van der Waals surface area contributed by atoms with Gasteiger partial charge < -0.3 is 18.9 Å². The van der Waals surface area contributed by atoms with Crippen molar-refractivity contribution in [3.8, 4) is 34.3 Å². The minimum absolute atomic E-state index is 0.138. The van der Waals surface area contributed by atoms with Gasteiger partial charge in [0.2, 0.25) is 4.80 Å². The molecule has 0 aliphatic rings. The van der Waals surface area contributed by atoms with E-state index >= 15 is 0 Å². The van der Waals surface area contributed by atoms with E-state index in [-0.39, 0.29) is 6.04 Å². The third-order valence-corrected chi connectivity index (χ3v) is 5.32. The lowest BCUT2D eigenvalue weighted by molar-refractivity contribution is 0.349. The molecule has 0 bridgehead atoms. The number of nitrogens with zero attached hydrogens (tertiary/aromatic N) is 3. The highest BCUT2D eigenvalue weighted by molar-refractivity contribution is 7.07. The van der Waals surface area contributed by atoms with E-state index in [1.165, 1.54) is 0 Å². The predicted molar refractivity (Wildman–Crippen MR) is 124 cm³/mol. The summed E-state index contributed by atoms with van der Waals surface area (Å²) >= 11 is 1.54. The van der Waals surface area contributed by atoms with Crippen LogP contribution in [0.3, 0.4) is 0 Å². The fourth-order valence-electron chi connectivity index (χ4n) is 2.95. The van der Waals surface area contributed by atoms with Crippen LogP contribution in [0.1, 0.15) is 19.4 Å². The Morgan fingerprint density at radius 3 is 2.10 bits per heavy atom. The monoisotopic (exact) mass is 441 g/mol. The third-order valence-electron chi connectivity index (χ3n) is 4.49. The summed E-state index contributed by atoms with van der Waals surface area (Å²) in [6.45, 7) is 4.08. The SMILES string of the molecule is COc1ccc(-c2csc(=NC(C)C)n2N=Cc2cc(OC)c(OC)cc2OC)cc1. The maximum absolute atomic E-state index is 5.52. The van der Waals surface area contributed by atoms with Gasteiger partial charge in [0.05, 0.1) is 40.3 Å². The summed E-state index contributed by atoms with van der Waals surface area (Å²) < 4.78 is 23.4. The van der Waals surface area contributed by atoms with Crippen molar-refractivity contribution in [1.82, 2.24) is 4.68 Å². The van der Waals surface area contributed by atoms with Crippen molar-refractivity contribution in [2.75, 3.05) is 28.4 Å². The Balaban J connectivity index is 2.11. The first-order valence-corrected chi connectivity index (χ1v) is 10.6. The molecule has 0 radical (unpaired) electrons. The Morgan fingerprint density at radius 2 is 1.52 bits per heavy atom. The quantitative estimate of drug-likeness (QED) is 0.485. The standard InChI is InChI=1S/C23H27N3O4S/c1-15(2)25-23-26(19(14-31-23)16-7-9-18(27-3)10-8-16)24-13-17-11-21(29-5)22(30-6)12-20(17)28-4/h7-15H,1-6H3. The van der Waals surface area contributed by atoms with Crippen molar-refractivity contribution < 1.29 is 18.9 Å². The Morgan fingerprint density at radius 1 is 0.871 bits per heavy atom. The van der Waals surface area contributed by atoms with Crippen molar-refractivity contribution in [2.45, 2.75) is 19.9 Å². The molecule has 0 unspecified atom stereocenters. The number of hydrogen-bond acceptors (Lipinski definition) is 7. The minimum atomic E-state index is 0.138. The van der Waals surface area contributed by atoms with E-state index in [1.54, 1.807) is 52.1 Å². The molecule has 3 aromatic rings. The third kappa shape index (κ3) is 5.08. The topological polar surface area (TPSA) is 66.6 Å². The summed E-state index contributed by atoms with van der Waals surface area (Å²) in [5.41, 5.74) is 2.71. The Hall–Kier alpha value is -3.26. The second kappa shape index (κ2) is 10.2. The smallest absolute Gasteiger partial charge is 0.206 e. The Bertz CT molecular complexity index is 1110. The predicted octanol–water partition coefficient (Wildman–Crippen LogP) is 4.44. The first-order valence-electron chi connectivity index (χ1n) is 9.73. The van der Waals surface area contributed by atoms with E-state index in [2.05, 4.69) is 0 Å². The van der Waals surface area contributed by atoms with E-state index in [9.17, 15) is 0 Å². The molecule has 0 aliphatic heterocycles. The van der Waals surface area contributed by atoms with Gasteiger partial charge in [-0.25, -0.2) is 4.68 Å². The van der Waals surface area contributed by atoms with Crippen LogP contribution >= 0.6 is 11.3 Å². The maximum atomic E-state index is 5.52. The number of rotatable bonds is 8. The first-order chi connectivity index (χ1) is 15.0. The lowest BCUT2D eigenvalue weighted by Gasteiger charge is -2.12. The highest BCUT2D eigenvalue weighted by Crippen LogP contribution is 2.34. The van der Waals surface area contributed by atoms with Gasteiger partial charge in [-0.3, -0.25) is 4.99 Å². The molecule has 0 saturated heterocycles. The number of thiazole rings is 1. The van der Waals surface area contributed by atoms with Crippen LogP contribution in [0.4, 0.5) is 0 Å². The normalized spacial score (nSPS) is 11.9. The second-order valence-electron chi connectivity index (χ2n) is 6.86. The highest BCUT2D eigenvalue weighted by Gasteiger charge is 2.12. The Kier molecular flexibility index (Phi) is 7.36. The van der Waals surface area contributed by atoms with Gasteiger partial charge in [-0.1, -0.05) is 0 Å². The molecule has 0 aliphatic carbocycles. The lowest BCUT2D eigenvalue weighted by atomic mass is 10.1. The van der Waals surface area contributed by atoms with Gasteiger partial charge >= 0.3 is 0 Å². The molecule has 31 heavy (non-hydrogen) atoms. The first kappa shape index (κ1) is 22.4. The zero-order valence-corrected chi connectivity index (χ0v) is 19.4. The van der Waals surface area contributed by atoms with E-state index < -0.39 is 0 Å². The van der Waals surface area contributed by atoms with Gasteiger partial charge in [-0.2, -0.15) is 5.10 Å². The zero-order chi connectivity index (χ0) is 22.4. The maximum Gasteiger partial charge on any atom is 0.206 e. The van der Waals surface area contributed by atoms with Crippen molar-refractivity contribution >= 4 is 17.6 Å². The van der Waals surface area contributed by atoms with Crippen molar-refractivity contribution in [3.05, 3.63) is 52.1 Å². The van der Waals surface area contributed by atoms with Crippen LogP contribution in [0.5, 0.6) is 23.0 Å². The van der Waals surface area contributed by atoms with E-state index in [0.29, 0.717) is 17.2 Å². The lowest BCUT2D eigenvalue weighted by Crippen LogP contribution is -2.14. The van der Waals surface area contributed by atoms with Crippen LogP contribution in [-0.2, 0) is 0 Å². The number of aromatic nitrogens is 1. The van der Waals surface area contributed by atoms with Gasteiger partial charge in [0, 0.05) is 28.6 Å². The molecule has 164 valence electrons. The van der Waals surface area contributed by atoms with E-state index in [4.69, 9.17) is 29.0 Å². The van der Waals surface area contributed by atoms with Crippen molar-refractivity contribution in [2.24, 2.45) is 10.1 Å². The number of ether oxygens (including phenoxy) is 4. The average molecular weight is 442 g/mol. The highest BCUT2D eigenvalue weighted by atomic mass is 32.1. The summed E-state index contributed by atoms with van der Waals surface area (Å²) in [7, 11) is 6.45. The Labute approximate surface area is 186 Å². The fourth-order valence-corrected chi connectivity index (χ4v) is 3.92. The second-order valence-corrected chi connectivity index (χ2v) is 7.70. The molecule has 7 nitrogen and oxygen atoms in total. The minimum Gasteiger partial charge on any atom is -0.497 e. The number of methoxy groups -OCH3 is 4.